The zero-order valence-electron chi connectivity index (χ0n) is 18.0. The van der Waals surface area contributed by atoms with Gasteiger partial charge in [0.05, 0.1) is 32.0 Å². The zero-order valence-corrected chi connectivity index (χ0v) is 18.0. The van der Waals surface area contributed by atoms with Crippen molar-refractivity contribution in [2.24, 2.45) is 0 Å². The van der Waals surface area contributed by atoms with E-state index in [1.165, 1.54) is 12.1 Å². The third-order valence-corrected chi connectivity index (χ3v) is 5.53. The van der Waals surface area contributed by atoms with Gasteiger partial charge in [0.2, 0.25) is 0 Å². The van der Waals surface area contributed by atoms with Gasteiger partial charge in [0.15, 0.2) is 5.78 Å². The van der Waals surface area contributed by atoms with Crippen LogP contribution < -0.4 is 4.90 Å². The number of rotatable bonds is 12. The number of aliphatic hydroxyl groups is 1. The van der Waals surface area contributed by atoms with Crippen LogP contribution in [0, 0.1) is 11.3 Å². The fourth-order valence-corrected chi connectivity index (χ4v) is 3.62. The van der Waals surface area contributed by atoms with Crippen molar-refractivity contribution < 1.29 is 19.4 Å². The van der Waals surface area contributed by atoms with E-state index in [0.717, 1.165) is 22.9 Å². The maximum absolute atomic E-state index is 12.4. The highest BCUT2D eigenvalue weighted by Gasteiger charge is 2.23. The van der Waals surface area contributed by atoms with Crippen molar-refractivity contribution in [1.82, 2.24) is 0 Å². The number of aliphatic hydroxyl groups excluding tert-OH is 1. The van der Waals surface area contributed by atoms with Gasteiger partial charge in [-0.05, 0) is 60.4 Å². The van der Waals surface area contributed by atoms with E-state index in [9.17, 15) is 10.1 Å². The summed E-state index contributed by atoms with van der Waals surface area (Å²) in [6, 6.07) is 15.1. The molecule has 6 heteroatoms. The molecular weight excluding hydrogens is 392 g/mol. The number of Topliss-reactive ketones (excluding diaryl/α,β-unsaturated/α-hetero) is 1. The molecule has 1 fully saturated rings. The Bertz CT molecular complexity index is 964. The summed E-state index contributed by atoms with van der Waals surface area (Å²) in [6.45, 7) is 4.90. The van der Waals surface area contributed by atoms with Gasteiger partial charge in [-0.15, -0.1) is 0 Å². The van der Waals surface area contributed by atoms with E-state index in [1.807, 2.05) is 24.3 Å². The van der Waals surface area contributed by atoms with Crippen molar-refractivity contribution in [3.8, 4) is 6.07 Å². The first-order valence-electron chi connectivity index (χ1n) is 10.8. The molecule has 0 aliphatic carbocycles. The van der Waals surface area contributed by atoms with Crippen LogP contribution in [-0.2, 0) is 14.3 Å². The lowest BCUT2D eigenvalue weighted by molar-refractivity contribution is -0.115. The molecule has 1 heterocycles. The first kappa shape index (κ1) is 23.0. The van der Waals surface area contributed by atoms with Gasteiger partial charge < -0.3 is 19.5 Å². The van der Waals surface area contributed by atoms with E-state index < -0.39 is 0 Å². The molecule has 0 saturated carbocycles. The van der Waals surface area contributed by atoms with E-state index in [1.54, 1.807) is 6.08 Å². The van der Waals surface area contributed by atoms with Crippen LogP contribution in [0.4, 0.5) is 5.69 Å². The van der Waals surface area contributed by atoms with Gasteiger partial charge in [0.1, 0.15) is 6.07 Å². The van der Waals surface area contributed by atoms with Gasteiger partial charge in [-0.25, -0.2) is 0 Å². The summed E-state index contributed by atoms with van der Waals surface area (Å²) in [5.74, 6) is -0.176. The topological polar surface area (TPSA) is 82.8 Å². The summed E-state index contributed by atoms with van der Waals surface area (Å²) in [6.07, 6.45) is 3.71. The van der Waals surface area contributed by atoms with Crippen molar-refractivity contribution >= 4 is 28.3 Å². The fraction of sp³-hybridized carbons (Fsp3) is 0.440. The number of benzene rings is 2. The number of nitrogens with zero attached hydrogens (tertiary/aromatic N) is 2. The van der Waals surface area contributed by atoms with Crippen LogP contribution in [0.5, 0.6) is 0 Å². The maximum Gasteiger partial charge on any atom is 0.173 e. The van der Waals surface area contributed by atoms with Crippen molar-refractivity contribution in [3.05, 3.63) is 47.5 Å². The van der Waals surface area contributed by atoms with Crippen LogP contribution in [0.25, 0.3) is 16.8 Å². The van der Waals surface area contributed by atoms with Crippen LogP contribution in [0.1, 0.15) is 31.7 Å². The highest BCUT2D eigenvalue weighted by atomic mass is 16.5. The third-order valence-electron chi connectivity index (χ3n) is 5.53. The Kier molecular flexibility index (Phi) is 8.60. The highest BCUT2D eigenvalue weighted by molar-refractivity contribution is 6.03. The van der Waals surface area contributed by atoms with Gasteiger partial charge in [-0.3, -0.25) is 4.79 Å². The molecule has 1 aliphatic heterocycles. The van der Waals surface area contributed by atoms with Crippen molar-refractivity contribution in [1.29, 1.82) is 5.26 Å². The summed E-state index contributed by atoms with van der Waals surface area (Å²) >= 11 is 0. The fourth-order valence-electron chi connectivity index (χ4n) is 3.62. The number of allylic oxidation sites excluding steroid dienone is 1. The number of nitriles is 1. The lowest BCUT2D eigenvalue weighted by Crippen LogP contribution is -2.45. The number of carbonyl (C=O) groups excluding carboxylic acids is 1. The second kappa shape index (κ2) is 11.6. The van der Waals surface area contributed by atoms with E-state index in [2.05, 4.69) is 30.0 Å². The summed E-state index contributed by atoms with van der Waals surface area (Å²) in [5, 5.41) is 20.3. The Balaban J connectivity index is 1.55. The molecule has 1 aliphatic rings. The summed E-state index contributed by atoms with van der Waals surface area (Å²) in [7, 11) is 0. The molecule has 1 saturated heterocycles. The molecule has 0 spiro atoms. The molecule has 0 aromatic heterocycles. The Morgan fingerprint density at radius 1 is 1.16 bits per heavy atom. The Hall–Kier alpha value is -2.72. The molecule has 3 rings (SSSR count). The Labute approximate surface area is 183 Å². The van der Waals surface area contributed by atoms with Gasteiger partial charge in [-0.1, -0.05) is 18.2 Å². The van der Waals surface area contributed by atoms with Crippen LogP contribution in [0.2, 0.25) is 0 Å². The predicted molar refractivity (Wildman–Crippen MR) is 122 cm³/mol. The molecule has 1 N–H and O–H groups in total. The molecule has 1 unspecified atom stereocenters. The van der Waals surface area contributed by atoms with E-state index in [0.29, 0.717) is 38.9 Å². The minimum atomic E-state index is -0.176. The van der Waals surface area contributed by atoms with Crippen molar-refractivity contribution in [2.75, 3.05) is 44.5 Å². The number of hydrogen-bond donors (Lipinski definition) is 1. The normalized spacial score (nSPS) is 16.2. The predicted octanol–water partition coefficient (Wildman–Crippen LogP) is 3.72. The SMILES string of the molecule is CC1CCN1c1ccc2cc(/C=C(\C#N)C(=O)CCCOCCOCCO)ccc2c1. The number of anilines is 1. The van der Waals surface area contributed by atoms with Gasteiger partial charge in [0.25, 0.3) is 0 Å². The maximum atomic E-state index is 12.4. The highest BCUT2D eigenvalue weighted by Crippen LogP contribution is 2.29. The number of fused-ring (bicyclic) bond motifs is 1. The largest absolute Gasteiger partial charge is 0.394 e. The number of ether oxygens (including phenoxy) is 2. The summed E-state index contributed by atoms with van der Waals surface area (Å²) in [4.78, 5) is 14.8. The first-order chi connectivity index (χ1) is 15.1. The van der Waals surface area contributed by atoms with Crippen LogP contribution in [0.15, 0.2) is 42.0 Å². The number of ketones is 1. The van der Waals surface area contributed by atoms with E-state index in [4.69, 9.17) is 14.6 Å². The molecule has 31 heavy (non-hydrogen) atoms. The molecule has 0 bridgehead atoms. The molecule has 1 atom stereocenters. The van der Waals surface area contributed by atoms with E-state index >= 15 is 0 Å². The monoisotopic (exact) mass is 422 g/mol. The number of hydrogen-bond acceptors (Lipinski definition) is 6. The molecule has 0 amide bonds. The van der Waals surface area contributed by atoms with E-state index in [-0.39, 0.29) is 24.4 Å². The van der Waals surface area contributed by atoms with Crippen molar-refractivity contribution in [3.63, 3.8) is 0 Å². The molecule has 6 nitrogen and oxygen atoms in total. The quantitative estimate of drug-likeness (QED) is 0.319. The minimum Gasteiger partial charge on any atom is -0.394 e. The lowest BCUT2D eigenvalue weighted by Gasteiger charge is -2.41. The average molecular weight is 423 g/mol. The zero-order chi connectivity index (χ0) is 22.1. The number of carbonyl (C=O) groups is 1. The average Bonchev–Trinajstić information content (AvgIpc) is 2.78. The second-order valence-electron chi connectivity index (χ2n) is 7.77. The van der Waals surface area contributed by atoms with Crippen LogP contribution >= 0.6 is 0 Å². The summed E-state index contributed by atoms with van der Waals surface area (Å²) < 4.78 is 10.5. The molecule has 2 aromatic rings. The molecular formula is C25H30N2O4. The lowest BCUT2D eigenvalue weighted by atomic mass is 10.00. The van der Waals surface area contributed by atoms with Gasteiger partial charge in [0, 0.05) is 31.3 Å². The van der Waals surface area contributed by atoms with Crippen LogP contribution in [-0.4, -0.2) is 56.5 Å². The standard InChI is InChI=1S/C25H30N2O4/c1-19-8-9-27(19)24-7-6-21-15-20(4-5-22(21)17-24)16-23(18-26)25(29)3-2-11-30-13-14-31-12-10-28/h4-7,15-17,19,28H,2-3,8-14H2,1H3/b23-16+. The van der Waals surface area contributed by atoms with Crippen LogP contribution in [0.3, 0.4) is 0 Å². The smallest absolute Gasteiger partial charge is 0.173 e. The van der Waals surface area contributed by atoms with Gasteiger partial charge in [-0.2, -0.15) is 5.26 Å². The first-order valence-corrected chi connectivity index (χ1v) is 10.8. The second-order valence-corrected chi connectivity index (χ2v) is 7.77. The summed E-state index contributed by atoms with van der Waals surface area (Å²) in [5.41, 5.74) is 2.25. The van der Waals surface area contributed by atoms with Crippen molar-refractivity contribution in [2.45, 2.75) is 32.2 Å². The minimum absolute atomic E-state index is 0.00605. The van der Waals surface area contributed by atoms with Gasteiger partial charge >= 0.3 is 0 Å². The molecule has 164 valence electrons. The molecule has 0 radical (unpaired) electrons. The molecule has 2 aromatic carbocycles. The Morgan fingerprint density at radius 3 is 2.58 bits per heavy atom. The third kappa shape index (κ3) is 6.38. The Morgan fingerprint density at radius 2 is 1.90 bits per heavy atom.